The first-order valence-electron chi connectivity index (χ1n) is 10.3. The van der Waals surface area contributed by atoms with Crippen LogP contribution in [0.4, 0.5) is 17.2 Å². The minimum absolute atomic E-state index is 0.203. The second-order valence-corrected chi connectivity index (χ2v) is 7.51. The van der Waals surface area contributed by atoms with Crippen LogP contribution in [0.25, 0.3) is 22.3 Å². The van der Waals surface area contributed by atoms with Crippen molar-refractivity contribution in [2.45, 2.75) is 12.8 Å². The minimum Gasteiger partial charge on any atom is -0.339 e. The van der Waals surface area contributed by atoms with Crippen LogP contribution in [-0.2, 0) is 4.79 Å². The van der Waals surface area contributed by atoms with Gasteiger partial charge >= 0.3 is 0 Å². The highest BCUT2D eigenvalue weighted by Gasteiger charge is 2.21. The number of amides is 1. The number of hydrogen-bond donors (Lipinski definition) is 1. The maximum Gasteiger partial charge on any atom is 0.227 e. The van der Waals surface area contributed by atoms with Gasteiger partial charge in [-0.15, -0.1) is 0 Å². The Balaban J connectivity index is 1.30. The van der Waals surface area contributed by atoms with Gasteiger partial charge in [-0.25, -0.2) is 4.98 Å². The van der Waals surface area contributed by atoms with Crippen LogP contribution in [0, 0.1) is 6.07 Å². The van der Waals surface area contributed by atoms with Crippen molar-refractivity contribution in [1.29, 1.82) is 0 Å². The Morgan fingerprint density at radius 2 is 1.77 bits per heavy atom. The third-order valence-electron chi connectivity index (χ3n) is 5.40. The van der Waals surface area contributed by atoms with Crippen molar-refractivity contribution >= 4 is 23.1 Å². The SMILES string of the molecule is O=C1CCCN1c1ccc(-c2ccc(Nc3cncc(-c4c[c]ccc4)c3)nc2)cc1. The molecule has 0 unspecified atom stereocenters. The molecule has 1 fully saturated rings. The zero-order valence-corrected chi connectivity index (χ0v) is 17.0. The number of pyridine rings is 2. The third-order valence-corrected chi connectivity index (χ3v) is 5.40. The average molecular weight is 405 g/mol. The van der Waals surface area contributed by atoms with Gasteiger partial charge in [0.05, 0.1) is 11.9 Å². The monoisotopic (exact) mass is 405 g/mol. The standard InChI is InChI=1S/C26H21N4O/c31-26-7-4-14-30(26)24-11-8-20(9-12-24)21-10-13-25(28-17-21)29-23-15-22(16-27-18-23)19-5-2-1-3-6-19/h1-2,5-6,8-13,15-18H,4,7,14H2,(H,28,29). The summed E-state index contributed by atoms with van der Waals surface area (Å²) >= 11 is 0. The van der Waals surface area contributed by atoms with Gasteiger partial charge in [-0.2, -0.15) is 0 Å². The van der Waals surface area contributed by atoms with Gasteiger partial charge in [-0.1, -0.05) is 30.3 Å². The smallest absolute Gasteiger partial charge is 0.227 e. The Morgan fingerprint density at radius 1 is 0.903 bits per heavy atom. The first-order chi connectivity index (χ1) is 15.3. The topological polar surface area (TPSA) is 58.1 Å². The van der Waals surface area contributed by atoms with Gasteiger partial charge in [-0.3, -0.25) is 9.78 Å². The molecule has 0 saturated carbocycles. The quantitative estimate of drug-likeness (QED) is 0.478. The Labute approximate surface area is 181 Å². The Morgan fingerprint density at radius 3 is 2.48 bits per heavy atom. The largest absolute Gasteiger partial charge is 0.339 e. The summed E-state index contributed by atoms with van der Waals surface area (Å²) < 4.78 is 0. The van der Waals surface area contributed by atoms with Crippen LogP contribution in [-0.4, -0.2) is 22.4 Å². The Kier molecular flexibility index (Phi) is 5.15. The molecule has 4 aromatic rings. The summed E-state index contributed by atoms with van der Waals surface area (Å²) in [6.45, 7) is 0.804. The average Bonchev–Trinajstić information content (AvgIpc) is 3.26. The zero-order chi connectivity index (χ0) is 21.0. The van der Waals surface area contributed by atoms with Crippen LogP contribution in [0.1, 0.15) is 12.8 Å². The Hall–Kier alpha value is -3.99. The zero-order valence-electron chi connectivity index (χ0n) is 17.0. The highest BCUT2D eigenvalue weighted by Crippen LogP contribution is 2.27. The van der Waals surface area contributed by atoms with Gasteiger partial charge in [0.15, 0.2) is 0 Å². The second-order valence-electron chi connectivity index (χ2n) is 7.51. The molecule has 1 radical (unpaired) electrons. The number of benzene rings is 2. The number of carbonyl (C=O) groups is 1. The van der Waals surface area contributed by atoms with Gasteiger partial charge in [0.25, 0.3) is 0 Å². The molecule has 5 rings (SSSR count). The lowest BCUT2D eigenvalue weighted by Crippen LogP contribution is -2.23. The normalized spacial score (nSPS) is 13.4. The maximum atomic E-state index is 11.9. The van der Waals surface area contributed by atoms with E-state index in [0.717, 1.165) is 52.4 Å². The fraction of sp³-hybridized carbons (Fsp3) is 0.115. The fourth-order valence-electron chi connectivity index (χ4n) is 3.78. The van der Waals surface area contributed by atoms with E-state index in [1.54, 1.807) is 6.20 Å². The number of nitrogens with zero attached hydrogens (tertiary/aromatic N) is 3. The molecule has 1 aliphatic rings. The van der Waals surface area contributed by atoms with Crippen LogP contribution in [0.3, 0.4) is 0 Å². The number of carbonyl (C=O) groups excluding carboxylic acids is 1. The molecule has 2 aromatic heterocycles. The lowest BCUT2D eigenvalue weighted by molar-refractivity contribution is -0.117. The van der Waals surface area contributed by atoms with E-state index >= 15 is 0 Å². The van der Waals surface area contributed by atoms with E-state index in [2.05, 4.69) is 21.4 Å². The summed E-state index contributed by atoms with van der Waals surface area (Å²) in [7, 11) is 0. The molecule has 5 nitrogen and oxygen atoms in total. The number of aromatic nitrogens is 2. The molecular weight excluding hydrogens is 384 g/mol. The summed E-state index contributed by atoms with van der Waals surface area (Å²) in [5.74, 6) is 0.954. The van der Waals surface area contributed by atoms with Gasteiger partial charge < -0.3 is 10.2 Å². The first kappa shape index (κ1) is 19.0. The number of rotatable bonds is 5. The van der Waals surface area contributed by atoms with Crippen molar-refractivity contribution in [3.63, 3.8) is 0 Å². The fourth-order valence-corrected chi connectivity index (χ4v) is 3.78. The van der Waals surface area contributed by atoms with Crippen molar-refractivity contribution in [3.8, 4) is 22.3 Å². The molecule has 0 atom stereocenters. The van der Waals surface area contributed by atoms with Gasteiger partial charge in [0.1, 0.15) is 5.82 Å². The van der Waals surface area contributed by atoms with Crippen molar-refractivity contribution in [1.82, 2.24) is 9.97 Å². The summed E-state index contributed by atoms with van der Waals surface area (Å²) in [4.78, 5) is 22.7. The van der Waals surface area contributed by atoms with Gasteiger partial charge in [-0.05, 0) is 60.0 Å². The molecule has 31 heavy (non-hydrogen) atoms. The van der Waals surface area contributed by atoms with Crippen molar-refractivity contribution < 1.29 is 4.79 Å². The number of anilines is 3. The molecular formula is C26H21N4O. The molecule has 3 heterocycles. The van der Waals surface area contributed by atoms with Gasteiger partial charge in [0.2, 0.25) is 5.91 Å². The minimum atomic E-state index is 0.203. The summed E-state index contributed by atoms with van der Waals surface area (Å²) in [5.41, 5.74) is 6.02. The van der Waals surface area contributed by atoms with E-state index in [1.807, 2.05) is 84.0 Å². The predicted molar refractivity (Wildman–Crippen MR) is 123 cm³/mol. The highest BCUT2D eigenvalue weighted by molar-refractivity contribution is 5.95. The summed E-state index contributed by atoms with van der Waals surface area (Å²) in [6.07, 6.45) is 7.04. The molecule has 0 aliphatic carbocycles. The molecule has 2 aromatic carbocycles. The van der Waals surface area contributed by atoms with Gasteiger partial charge in [0, 0.05) is 42.2 Å². The van der Waals surface area contributed by atoms with Crippen molar-refractivity contribution in [2.75, 3.05) is 16.8 Å². The molecule has 1 amide bonds. The highest BCUT2D eigenvalue weighted by atomic mass is 16.2. The molecule has 0 spiro atoms. The van der Waals surface area contributed by atoms with E-state index in [4.69, 9.17) is 0 Å². The van der Waals surface area contributed by atoms with Crippen LogP contribution in [0.15, 0.2) is 85.3 Å². The van der Waals surface area contributed by atoms with Crippen LogP contribution >= 0.6 is 0 Å². The Bertz CT molecular complexity index is 1190. The molecule has 1 N–H and O–H groups in total. The summed E-state index contributed by atoms with van der Waals surface area (Å²) in [6, 6.07) is 25.0. The van der Waals surface area contributed by atoms with Crippen molar-refractivity contribution in [3.05, 3.63) is 91.4 Å². The number of nitrogens with one attached hydrogen (secondary N) is 1. The first-order valence-corrected chi connectivity index (χ1v) is 10.3. The lowest BCUT2D eigenvalue weighted by Gasteiger charge is -2.16. The molecule has 1 saturated heterocycles. The summed E-state index contributed by atoms with van der Waals surface area (Å²) in [5, 5.41) is 3.32. The van der Waals surface area contributed by atoms with E-state index in [1.165, 1.54) is 0 Å². The lowest BCUT2D eigenvalue weighted by atomic mass is 10.1. The van der Waals surface area contributed by atoms with Crippen LogP contribution in [0.2, 0.25) is 0 Å². The van der Waals surface area contributed by atoms with Crippen molar-refractivity contribution in [2.24, 2.45) is 0 Å². The molecule has 0 bridgehead atoms. The molecule has 1 aliphatic heterocycles. The van der Waals surface area contributed by atoms with E-state index in [-0.39, 0.29) is 5.91 Å². The molecule has 151 valence electrons. The van der Waals surface area contributed by atoms with Crippen LogP contribution < -0.4 is 10.2 Å². The maximum absolute atomic E-state index is 11.9. The van der Waals surface area contributed by atoms with E-state index < -0.39 is 0 Å². The third kappa shape index (κ3) is 4.16. The number of hydrogen-bond acceptors (Lipinski definition) is 4. The van der Waals surface area contributed by atoms with E-state index in [9.17, 15) is 4.79 Å². The molecule has 5 heteroatoms. The van der Waals surface area contributed by atoms with E-state index in [0.29, 0.717) is 6.42 Å². The predicted octanol–water partition coefficient (Wildman–Crippen LogP) is 5.48. The second kappa shape index (κ2) is 8.40. The van der Waals surface area contributed by atoms with Crippen LogP contribution in [0.5, 0.6) is 0 Å².